The van der Waals surface area contributed by atoms with Crippen LogP contribution in [0.3, 0.4) is 0 Å². The summed E-state index contributed by atoms with van der Waals surface area (Å²) in [6, 6.07) is 2.39. The lowest BCUT2D eigenvalue weighted by molar-refractivity contribution is 0.0697. The Morgan fingerprint density at radius 2 is 2.11 bits per heavy atom. The second kappa shape index (κ2) is 6.83. The third kappa shape index (κ3) is 5.04. The summed E-state index contributed by atoms with van der Waals surface area (Å²) >= 11 is 0. The average Bonchev–Trinajstić information content (AvgIpc) is 2.31. The highest BCUT2D eigenvalue weighted by Gasteiger charge is 2.10. The summed E-state index contributed by atoms with van der Waals surface area (Å²) in [5, 5.41) is 13.3. The van der Waals surface area contributed by atoms with Crippen molar-refractivity contribution in [3.8, 4) is 0 Å². The molecule has 19 heavy (non-hydrogen) atoms. The summed E-state index contributed by atoms with van der Waals surface area (Å²) in [5.74, 6) is -1.67. The number of benzene rings is 1. The van der Waals surface area contributed by atoms with E-state index in [1.54, 1.807) is 0 Å². The van der Waals surface area contributed by atoms with E-state index in [9.17, 15) is 18.2 Å². The first-order valence-corrected chi connectivity index (χ1v) is 7.00. The lowest BCUT2D eigenvalue weighted by Crippen LogP contribution is -2.32. The quantitative estimate of drug-likeness (QED) is 0.754. The van der Waals surface area contributed by atoms with Gasteiger partial charge in [0.2, 0.25) is 0 Å². The number of halogens is 1. The minimum Gasteiger partial charge on any atom is -0.478 e. The van der Waals surface area contributed by atoms with Crippen LogP contribution in [0.5, 0.6) is 0 Å². The molecule has 0 aliphatic rings. The Morgan fingerprint density at radius 1 is 1.42 bits per heavy atom. The number of rotatable bonds is 5. The van der Waals surface area contributed by atoms with E-state index in [0.717, 1.165) is 18.2 Å². The maximum absolute atomic E-state index is 13.4. The Morgan fingerprint density at radius 3 is 2.68 bits per heavy atom. The van der Waals surface area contributed by atoms with Crippen LogP contribution in [-0.4, -0.2) is 39.9 Å². The van der Waals surface area contributed by atoms with Gasteiger partial charge >= 0.3 is 12.0 Å². The van der Waals surface area contributed by atoms with Crippen LogP contribution >= 0.6 is 0 Å². The fraction of sp³-hybridized carbons (Fsp3) is 0.273. The zero-order valence-electron chi connectivity index (χ0n) is 10.1. The van der Waals surface area contributed by atoms with Gasteiger partial charge in [-0.05, 0) is 18.2 Å². The molecule has 1 aromatic carbocycles. The number of hydrogen-bond acceptors (Lipinski definition) is 3. The van der Waals surface area contributed by atoms with Crippen LogP contribution in [-0.2, 0) is 10.8 Å². The molecule has 0 saturated carbocycles. The number of carboxylic acids is 1. The molecule has 0 spiro atoms. The molecular weight excluding hydrogens is 275 g/mol. The molecule has 104 valence electrons. The van der Waals surface area contributed by atoms with Gasteiger partial charge in [-0.25, -0.2) is 14.0 Å². The molecule has 8 heteroatoms. The number of amides is 2. The monoisotopic (exact) mass is 288 g/mol. The molecule has 1 unspecified atom stereocenters. The summed E-state index contributed by atoms with van der Waals surface area (Å²) in [4.78, 5) is 22.1. The largest absolute Gasteiger partial charge is 0.478 e. The molecule has 0 radical (unpaired) electrons. The number of hydrogen-bond donors (Lipinski definition) is 3. The second-order valence-electron chi connectivity index (χ2n) is 3.66. The smallest absolute Gasteiger partial charge is 0.335 e. The zero-order chi connectivity index (χ0) is 14.4. The average molecular weight is 288 g/mol. The van der Waals surface area contributed by atoms with Crippen molar-refractivity contribution in [3.05, 3.63) is 29.6 Å². The van der Waals surface area contributed by atoms with Crippen LogP contribution in [0.15, 0.2) is 18.2 Å². The lowest BCUT2D eigenvalue weighted by Gasteiger charge is -2.08. The molecule has 0 heterocycles. The number of aromatic carboxylic acids is 1. The van der Waals surface area contributed by atoms with Crippen LogP contribution < -0.4 is 10.6 Å². The normalized spacial score (nSPS) is 11.7. The van der Waals surface area contributed by atoms with E-state index in [1.807, 2.05) is 0 Å². The predicted molar refractivity (Wildman–Crippen MR) is 69.3 cm³/mol. The van der Waals surface area contributed by atoms with E-state index < -0.39 is 28.6 Å². The molecule has 6 nitrogen and oxygen atoms in total. The molecule has 0 fully saturated rings. The lowest BCUT2D eigenvalue weighted by atomic mass is 10.2. The molecule has 0 aromatic heterocycles. The van der Waals surface area contributed by atoms with Gasteiger partial charge in [0.25, 0.3) is 0 Å². The fourth-order valence-corrected chi connectivity index (χ4v) is 1.62. The van der Waals surface area contributed by atoms with Crippen molar-refractivity contribution in [2.24, 2.45) is 0 Å². The standard InChI is InChI=1S/C11H13FN2O4S/c1-19(18)5-4-13-11(17)14-9-6-7(10(15)16)2-3-8(9)12/h2-3,6H,4-5H2,1H3,(H,15,16)(H2,13,14,17). The van der Waals surface area contributed by atoms with Crippen LogP contribution in [0.1, 0.15) is 10.4 Å². The van der Waals surface area contributed by atoms with Gasteiger partial charge in [0.05, 0.1) is 11.3 Å². The maximum Gasteiger partial charge on any atom is 0.335 e. The molecule has 0 aliphatic carbocycles. The van der Waals surface area contributed by atoms with Gasteiger partial charge in [0.15, 0.2) is 0 Å². The van der Waals surface area contributed by atoms with Crippen molar-refractivity contribution in [2.75, 3.05) is 23.9 Å². The highest BCUT2D eigenvalue weighted by atomic mass is 32.2. The molecule has 0 aliphatic heterocycles. The van der Waals surface area contributed by atoms with Crippen molar-refractivity contribution < 1.29 is 23.3 Å². The van der Waals surface area contributed by atoms with Crippen LogP contribution in [0.4, 0.5) is 14.9 Å². The molecule has 3 N–H and O–H groups in total. The second-order valence-corrected chi connectivity index (χ2v) is 5.21. The first kappa shape index (κ1) is 15.1. The van der Waals surface area contributed by atoms with E-state index in [4.69, 9.17) is 5.11 Å². The highest BCUT2D eigenvalue weighted by molar-refractivity contribution is 7.84. The minimum absolute atomic E-state index is 0.133. The van der Waals surface area contributed by atoms with Gasteiger partial charge in [-0.15, -0.1) is 0 Å². The van der Waals surface area contributed by atoms with E-state index in [2.05, 4.69) is 10.6 Å². The summed E-state index contributed by atoms with van der Waals surface area (Å²) in [6.45, 7) is 0.176. The molecule has 0 saturated heterocycles. The molecular formula is C11H13FN2O4S. The number of carboxylic acid groups (broad SMARTS) is 1. The Bertz CT molecular complexity index is 521. The van der Waals surface area contributed by atoms with Gasteiger partial charge in [0, 0.05) is 29.4 Å². The highest BCUT2D eigenvalue weighted by Crippen LogP contribution is 2.16. The summed E-state index contributed by atoms with van der Waals surface area (Å²) in [6.07, 6.45) is 1.50. The van der Waals surface area contributed by atoms with Gasteiger partial charge in [0.1, 0.15) is 5.82 Å². The van der Waals surface area contributed by atoms with Crippen LogP contribution in [0, 0.1) is 5.82 Å². The Labute approximate surface area is 111 Å². The third-order valence-electron chi connectivity index (χ3n) is 2.14. The van der Waals surface area contributed by atoms with E-state index >= 15 is 0 Å². The predicted octanol–water partition coefficient (Wildman–Crippen LogP) is 1.02. The third-order valence-corrected chi connectivity index (χ3v) is 2.92. The molecule has 2 amide bonds. The number of urea groups is 1. The zero-order valence-corrected chi connectivity index (χ0v) is 10.9. The van der Waals surface area contributed by atoms with Crippen molar-refractivity contribution in [3.63, 3.8) is 0 Å². The van der Waals surface area contributed by atoms with Gasteiger partial charge < -0.3 is 15.7 Å². The van der Waals surface area contributed by atoms with Crippen LogP contribution in [0.2, 0.25) is 0 Å². The SMILES string of the molecule is CS(=O)CCNC(=O)Nc1cc(C(=O)O)ccc1F. The fourth-order valence-electron chi connectivity index (χ4n) is 1.23. The molecule has 1 rings (SSSR count). The van der Waals surface area contributed by atoms with Gasteiger partial charge in [-0.1, -0.05) is 0 Å². The topological polar surface area (TPSA) is 95.5 Å². The van der Waals surface area contributed by atoms with Gasteiger partial charge in [-0.3, -0.25) is 4.21 Å². The summed E-state index contributed by atoms with van der Waals surface area (Å²) in [7, 11) is -1.04. The van der Waals surface area contributed by atoms with Crippen molar-refractivity contribution in [1.29, 1.82) is 0 Å². The molecule has 0 bridgehead atoms. The number of nitrogens with one attached hydrogen (secondary N) is 2. The van der Waals surface area contributed by atoms with Crippen LogP contribution in [0.25, 0.3) is 0 Å². The maximum atomic E-state index is 13.4. The van der Waals surface area contributed by atoms with Gasteiger partial charge in [-0.2, -0.15) is 0 Å². The summed E-state index contributed by atoms with van der Waals surface area (Å²) < 4.78 is 24.1. The number of carbonyl (C=O) groups is 2. The molecule has 1 aromatic rings. The van der Waals surface area contributed by atoms with Crippen molar-refractivity contribution >= 4 is 28.5 Å². The first-order chi connectivity index (χ1) is 8.90. The number of carbonyl (C=O) groups excluding carboxylic acids is 1. The Balaban J connectivity index is 2.65. The van der Waals surface area contributed by atoms with E-state index in [1.165, 1.54) is 6.26 Å². The Hall–Kier alpha value is -1.96. The van der Waals surface area contributed by atoms with Crippen molar-refractivity contribution in [2.45, 2.75) is 0 Å². The summed E-state index contributed by atoms with van der Waals surface area (Å²) in [5.41, 5.74) is -0.360. The van der Waals surface area contributed by atoms with E-state index in [-0.39, 0.29) is 23.5 Å². The Kier molecular flexibility index (Phi) is 5.43. The van der Waals surface area contributed by atoms with Crippen molar-refractivity contribution in [1.82, 2.24) is 5.32 Å². The number of anilines is 1. The van der Waals surface area contributed by atoms with E-state index in [0.29, 0.717) is 0 Å². The minimum atomic E-state index is -1.22. The first-order valence-electron chi connectivity index (χ1n) is 5.28. The molecule has 1 atom stereocenters.